The number of pyridine rings is 1. The molecule has 0 saturated carbocycles. The number of anilines is 1. The maximum Gasteiger partial charge on any atom is 0.311 e. The van der Waals surface area contributed by atoms with Crippen molar-refractivity contribution in [2.24, 2.45) is 0 Å². The second kappa shape index (κ2) is 6.79. The van der Waals surface area contributed by atoms with E-state index in [1.165, 1.54) is 18.3 Å². The Morgan fingerprint density at radius 1 is 1.32 bits per heavy atom. The lowest BCUT2D eigenvalue weighted by Gasteiger charge is -2.11. The molecule has 0 amide bonds. The molecule has 0 fully saturated rings. The first-order valence-electron chi connectivity index (χ1n) is 7.01. The first-order valence-corrected chi connectivity index (χ1v) is 7.01. The summed E-state index contributed by atoms with van der Waals surface area (Å²) in [5.74, 6) is 0.142. The van der Waals surface area contributed by atoms with Gasteiger partial charge in [0, 0.05) is 24.4 Å². The quantitative estimate of drug-likeness (QED) is 0.621. The van der Waals surface area contributed by atoms with Crippen LogP contribution in [-0.2, 0) is 19.4 Å². The Kier molecular flexibility index (Phi) is 4.82. The van der Waals surface area contributed by atoms with Gasteiger partial charge in [0.1, 0.15) is 0 Å². The summed E-state index contributed by atoms with van der Waals surface area (Å²) in [6.07, 6.45) is 2.84. The Labute approximate surface area is 126 Å². The summed E-state index contributed by atoms with van der Waals surface area (Å²) in [6, 6.07) is 2.86. The van der Waals surface area contributed by atoms with Gasteiger partial charge in [-0.2, -0.15) is 5.10 Å². The molecule has 0 bridgehead atoms. The third-order valence-electron chi connectivity index (χ3n) is 3.38. The smallest absolute Gasteiger partial charge is 0.311 e. The predicted octanol–water partition coefficient (Wildman–Crippen LogP) is 1.81. The highest BCUT2D eigenvalue weighted by atomic mass is 16.6. The Morgan fingerprint density at radius 3 is 2.73 bits per heavy atom. The van der Waals surface area contributed by atoms with Crippen LogP contribution in [0.25, 0.3) is 0 Å². The predicted molar refractivity (Wildman–Crippen MR) is 81.8 cm³/mol. The first kappa shape index (κ1) is 15.6. The van der Waals surface area contributed by atoms with Crippen LogP contribution in [0.1, 0.15) is 30.7 Å². The van der Waals surface area contributed by atoms with Crippen molar-refractivity contribution in [2.75, 3.05) is 5.32 Å². The zero-order valence-corrected chi connectivity index (χ0v) is 12.4. The maximum atomic E-state index is 12.0. The van der Waals surface area contributed by atoms with Crippen LogP contribution in [-0.4, -0.2) is 20.1 Å². The summed E-state index contributed by atoms with van der Waals surface area (Å²) in [5, 5.41) is 20.4. The highest BCUT2D eigenvalue weighted by Gasteiger charge is 2.16. The number of aryl methyl sites for hydroxylation is 1. The van der Waals surface area contributed by atoms with E-state index >= 15 is 0 Å². The van der Waals surface area contributed by atoms with Gasteiger partial charge in [-0.05, 0) is 24.5 Å². The lowest BCUT2D eigenvalue weighted by molar-refractivity contribution is -0.384. The fourth-order valence-electron chi connectivity index (χ4n) is 2.31. The molecule has 8 heteroatoms. The minimum absolute atomic E-state index is 0.123. The molecule has 2 aromatic rings. The molecule has 22 heavy (non-hydrogen) atoms. The molecule has 0 atom stereocenters. The first-order chi connectivity index (χ1) is 10.6. The molecule has 116 valence electrons. The fraction of sp³-hybridized carbons (Fsp3) is 0.357. The molecule has 0 radical (unpaired) electrons. The third kappa shape index (κ3) is 3.11. The average Bonchev–Trinajstić information content (AvgIpc) is 2.53. The van der Waals surface area contributed by atoms with E-state index in [-0.39, 0.29) is 23.6 Å². The van der Waals surface area contributed by atoms with Gasteiger partial charge in [-0.25, -0.2) is 10.1 Å². The number of rotatable bonds is 6. The number of hydrogen-bond donors (Lipinski definition) is 2. The van der Waals surface area contributed by atoms with Crippen molar-refractivity contribution >= 4 is 11.5 Å². The summed E-state index contributed by atoms with van der Waals surface area (Å²) >= 11 is 0. The number of nitro groups is 1. The van der Waals surface area contributed by atoms with Gasteiger partial charge in [-0.15, -0.1) is 0 Å². The van der Waals surface area contributed by atoms with Gasteiger partial charge in [0.25, 0.3) is 5.56 Å². The highest BCUT2D eigenvalue weighted by Crippen LogP contribution is 2.21. The number of nitrogens with zero attached hydrogens (tertiary/aromatic N) is 3. The second-order valence-electron chi connectivity index (χ2n) is 4.65. The molecule has 2 N–H and O–H groups in total. The van der Waals surface area contributed by atoms with Crippen LogP contribution in [0.2, 0.25) is 0 Å². The average molecular weight is 303 g/mol. The number of H-pyrrole nitrogens is 1. The molecule has 0 aromatic carbocycles. The van der Waals surface area contributed by atoms with Crippen LogP contribution in [0.5, 0.6) is 0 Å². The van der Waals surface area contributed by atoms with Gasteiger partial charge in [0.2, 0.25) is 5.82 Å². The molecule has 2 aromatic heterocycles. The van der Waals surface area contributed by atoms with E-state index < -0.39 is 4.92 Å². The molecule has 2 heterocycles. The SMILES string of the molecule is CCc1n[nH]c(=O)c(CNc2ncccc2[N+](=O)[O-])c1CC. The van der Waals surface area contributed by atoms with Crippen molar-refractivity contribution in [1.82, 2.24) is 15.2 Å². The summed E-state index contributed by atoms with van der Waals surface area (Å²) in [6.45, 7) is 4.06. The third-order valence-corrected chi connectivity index (χ3v) is 3.38. The normalized spacial score (nSPS) is 10.5. The van der Waals surface area contributed by atoms with Crippen LogP contribution < -0.4 is 10.9 Å². The van der Waals surface area contributed by atoms with Crippen molar-refractivity contribution in [2.45, 2.75) is 33.2 Å². The molecule has 0 aliphatic heterocycles. The molecule has 0 aliphatic carbocycles. The van der Waals surface area contributed by atoms with Gasteiger partial charge < -0.3 is 5.32 Å². The van der Waals surface area contributed by atoms with E-state index in [0.29, 0.717) is 18.4 Å². The second-order valence-corrected chi connectivity index (χ2v) is 4.65. The van der Waals surface area contributed by atoms with E-state index in [2.05, 4.69) is 20.5 Å². The lowest BCUT2D eigenvalue weighted by atomic mass is 10.0. The van der Waals surface area contributed by atoms with Crippen molar-refractivity contribution in [1.29, 1.82) is 0 Å². The minimum atomic E-state index is -0.510. The summed E-state index contributed by atoms with van der Waals surface area (Å²) in [4.78, 5) is 26.4. The van der Waals surface area contributed by atoms with E-state index in [4.69, 9.17) is 0 Å². The lowest BCUT2D eigenvalue weighted by Crippen LogP contribution is -2.22. The monoisotopic (exact) mass is 303 g/mol. The van der Waals surface area contributed by atoms with Gasteiger partial charge in [-0.3, -0.25) is 14.9 Å². The molecule has 0 spiro atoms. The van der Waals surface area contributed by atoms with Crippen LogP contribution in [0, 0.1) is 10.1 Å². The van der Waals surface area contributed by atoms with Gasteiger partial charge >= 0.3 is 5.69 Å². The summed E-state index contributed by atoms with van der Waals surface area (Å²) in [7, 11) is 0. The summed E-state index contributed by atoms with van der Waals surface area (Å²) < 4.78 is 0. The van der Waals surface area contributed by atoms with Crippen LogP contribution in [0.3, 0.4) is 0 Å². The number of aromatic nitrogens is 3. The van der Waals surface area contributed by atoms with Crippen LogP contribution in [0.4, 0.5) is 11.5 Å². The zero-order valence-electron chi connectivity index (χ0n) is 12.4. The molecular weight excluding hydrogens is 286 g/mol. The minimum Gasteiger partial charge on any atom is -0.360 e. The summed E-state index contributed by atoms with van der Waals surface area (Å²) in [5.41, 5.74) is 1.82. The number of nitrogens with one attached hydrogen (secondary N) is 2. The van der Waals surface area contributed by atoms with E-state index in [1.54, 1.807) is 0 Å². The topological polar surface area (TPSA) is 114 Å². The standard InChI is InChI=1S/C14H17N5O3/c1-3-9-10(14(20)18-17-11(9)4-2)8-16-13-12(19(21)22)6-5-7-15-13/h5-7H,3-4,8H2,1-2H3,(H,15,16)(H,18,20). The van der Waals surface area contributed by atoms with Gasteiger partial charge in [-0.1, -0.05) is 13.8 Å². The van der Waals surface area contributed by atoms with Gasteiger partial charge in [0.05, 0.1) is 10.6 Å². The Balaban J connectivity index is 2.33. The molecular formula is C14H17N5O3. The Morgan fingerprint density at radius 2 is 2.09 bits per heavy atom. The molecule has 0 aliphatic rings. The van der Waals surface area contributed by atoms with E-state index in [0.717, 1.165) is 11.3 Å². The van der Waals surface area contributed by atoms with Gasteiger partial charge in [0.15, 0.2) is 0 Å². The Hall–Kier alpha value is -2.77. The molecule has 2 rings (SSSR count). The van der Waals surface area contributed by atoms with Crippen LogP contribution >= 0.6 is 0 Å². The maximum absolute atomic E-state index is 12.0. The fourth-order valence-corrected chi connectivity index (χ4v) is 2.31. The van der Waals surface area contributed by atoms with Crippen molar-refractivity contribution in [3.05, 3.63) is 55.6 Å². The van der Waals surface area contributed by atoms with E-state index in [9.17, 15) is 14.9 Å². The van der Waals surface area contributed by atoms with E-state index in [1.807, 2.05) is 13.8 Å². The molecule has 0 unspecified atom stereocenters. The largest absolute Gasteiger partial charge is 0.360 e. The Bertz CT molecular complexity index is 741. The number of hydrogen-bond acceptors (Lipinski definition) is 6. The van der Waals surface area contributed by atoms with Crippen molar-refractivity contribution < 1.29 is 4.92 Å². The highest BCUT2D eigenvalue weighted by molar-refractivity contribution is 5.55. The molecule has 0 saturated heterocycles. The zero-order chi connectivity index (χ0) is 16.1. The number of aromatic amines is 1. The van der Waals surface area contributed by atoms with Crippen LogP contribution in [0.15, 0.2) is 23.1 Å². The van der Waals surface area contributed by atoms with Crippen molar-refractivity contribution in [3.8, 4) is 0 Å². The van der Waals surface area contributed by atoms with Crippen molar-refractivity contribution in [3.63, 3.8) is 0 Å². The molecule has 8 nitrogen and oxygen atoms in total.